The van der Waals surface area contributed by atoms with Gasteiger partial charge in [0, 0.05) is 12.0 Å². The summed E-state index contributed by atoms with van der Waals surface area (Å²) in [5.41, 5.74) is -2.28. The molecule has 0 amide bonds. The first-order valence-electron chi connectivity index (χ1n) is 15.8. The third kappa shape index (κ3) is 8.02. The summed E-state index contributed by atoms with van der Waals surface area (Å²) in [7, 11) is 0. The van der Waals surface area contributed by atoms with Crippen molar-refractivity contribution in [2.45, 2.75) is 43.5 Å². The highest BCUT2D eigenvalue weighted by Gasteiger charge is 2.51. The lowest BCUT2D eigenvalue weighted by atomic mass is 9.93. The standard InChI is InChI=1S/C35H30O21/c36-15(11-3-16(37)25(45)17(38)4-11)1-2-24-30(54-32(50)12-5-18(39)26(46)19(40)6-12)29(49)31(55-33(51)13-7-20(41)27(47)21(42)8-13)35(53-24)56-34(52)14-9-22(43)28(48)23(44)10-14/h3-10,24,29-31,35,37-49H,1-2H2. The molecule has 1 fully saturated rings. The SMILES string of the molecule is O=C(CCC1OC(OC(=O)c2cc(O)c(O)c(O)c2)C(OC(=O)c2cc(O)c(O)c(O)c2)C(O)C1OC(=O)c1cc(O)c(O)c(O)c1)c1cc(O)c(O)c(O)c1. The Hall–Kier alpha value is -7.52. The van der Waals surface area contributed by atoms with Gasteiger partial charge < -0.3 is 85.3 Å². The number of ketones is 1. The van der Waals surface area contributed by atoms with Gasteiger partial charge in [0.05, 0.1) is 16.7 Å². The molecule has 21 nitrogen and oxygen atoms in total. The molecule has 5 atom stereocenters. The van der Waals surface area contributed by atoms with Crippen LogP contribution in [0.4, 0.5) is 0 Å². The van der Waals surface area contributed by atoms with Gasteiger partial charge in [-0.3, -0.25) is 4.79 Å². The van der Waals surface area contributed by atoms with Crippen LogP contribution in [0.3, 0.4) is 0 Å². The summed E-state index contributed by atoms with van der Waals surface area (Å²) in [6, 6.07) is 5.47. The predicted octanol–water partition coefficient (Wildman–Crippen LogP) is 1.51. The van der Waals surface area contributed by atoms with Gasteiger partial charge in [-0.05, 0) is 55.0 Å². The van der Waals surface area contributed by atoms with Crippen LogP contribution in [0.5, 0.6) is 69.0 Å². The van der Waals surface area contributed by atoms with Crippen LogP contribution in [0.15, 0.2) is 48.5 Å². The van der Waals surface area contributed by atoms with Crippen molar-refractivity contribution < 1.29 is 105 Å². The summed E-state index contributed by atoms with van der Waals surface area (Å²) in [5.74, 6) is -16.9. The third-order valence-corrected chi connectivity index (χ3v) is 8.29. The lowest BCUT2D eigenvalue weighted by molar-refractivity contribution is -0.279. The van der Waals surface area contributed by atoms with Crippen LogP contribution in [-0.2, 0) is 18.9 Å². The minimum atomic E-state index is -2.32. The Bertz CT molecular complexity index is 2140. The van der Waals surface area contributed by atoms with E-state index >= 15 is 0 Å². The molecule has 0 radical (unpaired) electrons. The molecule has 0 aromatic heterocycles. The lowest BCUT2D eigenvalue weighted by Crippen LogP contribution is -2.61. The van der Waals surface area contributed by atoms with Crippen molar-refractivity contribution >= 4 is 23.7 Å². The van der Waals surface area contributed by atoms with E-state index in [2.05, 4.69) is 0 Å². The number of hydrogen-bond acceptors (Lipinski definition) is 21. The molecular weight excluding hydrogens is 756 g/mol. The summed E-state index contributed by atoms with van der Waals surface area (Å²) in [4.78, 5) is 53.0. The van der Waals surface area contributed by atoms with Crippen molar-refractivity contribution in [3.63, 3.8) is 0 Å². The molecular formula is C35H30O21. The van der Waals surface area contributed by atoms with E-state index in [0.717, 1.165) is 12.1 Å². The van der Waals surface area contributed by atoms with Crippen LogP contribution in [0.1, 0.15) is 54.3 Å². The van der Waals surface area contributed by atoms with Gasteiger partial charge in [-0.25, -0.2) is 14.4 Å². The molecule has 5 unspecified atom stereocenters. The number of rotatable bonds is 10. The van der Waals surface area contributed by atoms with Gasteiger partial charge in [0.15, 0.2) is 87.0 Å². The third-order valence-electron chi connectivity index (χ3n) is 8.29. The summed E-state index contributed by atoms with van der Waals surface area (Å²) in [5, 5.41) is 130. The maximum absolute atomic E-state index is 13.3. The molecule has 1 aliphatic heterocycles. The van der Waals surface area contributed by atoms with Crippen LogP contribution in [0.2, 0.25) is 0 Å². The number of aromatic hydroxyl groups is 12. The Labute approximate surface area is 311 Å². The molecule has 296 valence electrons. The van der Waals surface area contributed by atoms with E-state index in [1.165, 1.54) is 0 Å². The van der Waals surface area contributed by atoms with Crippen molar-refractivity contribution in [2.75, 3.05) is 0 Å². The fourth-order valence-corrected chi connectivity index (χ4v) is 5.40. The number of ether oxygens (including phenoxy) is 4. The fraction of sp³-hybridized carbons (Fsp3) is 0.200. The first-order chi connectivity index (χ1) is 26.3. The number of phenols is 12. The Kier molecular flexibility index (Phi) is 10.9. The Morgan fingerprint density at radius 3 is 1.12 bits per heavy atom. The van der Waals surface area contributed by atoms with Crippen molar-refractivity contribution in [3.8, 4) is 69.0 Å². The topological polar surface area (TPSA) is 368 Å². The van der Waals surface area contributed by atoms with Crippen LogP contribution < -0.4 is 0 Å². The van der Waals surface area contributed by atoms with Gasteiger partial charge >= 0.3 is 17.9 Å². The van der Waals surface area contributed by atoms with Gasteiger partial charge in [-0.15, -0.1) is 0 Å². The van der Waals surface area contributed by atoms with Crippen molar-refractivity contribution in [1.82, 2.24) is 0 Å². The van der Waals surface area contributed by atoms with Crippen LogP contribution in [0, 0.1) is 0 Å². The van der Waals surface area contributed by atoms with E-state index < -0.39 is 153 Å². The zero-order valence-corrected chi connectivity index (χ0v) is 28.0. The number of phenolic OH excluding ortho intramolecular Hbond substituents is 12. The average molecular weight is 787 g/mol. The molecule has 0 spiro atoms. The first kappa shape index (κ1) is 39.7. The number of esters is 3. The second-order valence-corrected chi connectivity index (χ2v) is 12.1. The monoisotopic (exact) mass is 786 g/mol. The number of carbonyl (C=O) groups excluding carboxylic acids is 4. The van der Waals surface area contributed by atoms with Gasteiger partial charge in [-0.1, -0.05) is 0 Å². The number of aliphatic hydroxyl groups excluding tert-OH is 1. The molecule has 4 aromatic rings. The molecule has 0 aliphatic carbocycles. The minimum Gasteiger partial charge on any atom is -0.504 e. The largest absolute Gasteiger partial charge is 0.504 e. The van der Waals surface area contributed by atoms with E-state index in [1.54, 1.807) is 0 Å². The van der Waals surface area contributed by atoms with Crippen molar-refractivity contribution in [3.05, 3.63) is 70.8 Å². The van der Waals surface area contributed by atoms with Crippen molar-refractivity contribution in [1.29, 1.82) is 0 Å². The second kappa shape index (κ2) is 15.5. The van der Waals surface area contributed by atoms with E-state index in [0.29, 0.717) is 36.4 Å². The molecule has 1 aliphatic rings. The summed E-state index contributed by atoms with van der Waals surface area (Å²) >= 11 is 0. The predicted molar refractivity (Wildman–Crippen MR) is 178 cm³/mol. The highest BCUT2D eigenvalue weighted by molar-refractivity contribution is 5.97. The molecule has 1 heterocycles. The van der Waals surface area contributed by atoms with Gasteiger partial charge in [0.25, 0.3) is 0 Å². The Morgan fingerprint density at radius 1 is 0.464 bits per heavy atom. The number of aliphatic hydroxyl groups is 1. The van der Waals surface area contributed by atoms with E-state index in [4.69, 9.17) is 18.9 Å². The first-order valence-corrected chi connectivity index (χ1v) is 15.8. The molecule has 4 aromatic carbocycles. The second-order valence-electron chi connectivity index (χ2n) is 12.1. The highest BCUT2D eigenvalue weighted by atomic mass is 16.7. The smallest absolute Gasteiger partial charge is 0.340 e. The Morgan fingerprint density at radius 2 is 0.768 bits per heavy atom. The van der Waals surface area contributed by atoms with Gasteiger partial charge in [-0.2, -0.15) is 0 Å². The van der Waals surface area contributed by atoms with Crippen LogP contribution in [0.25, 0.3) is 0 Å². The van der Waals surface area contributed by atoms with E-state index in [9.17, 15) is 85.6 Å². The summed E-state index contributed by atoms with van der Waals surface area (Å²) < 4.78 is 21.9. The number of carbonyl (C=O) groups is 4. The fourth-order valence-electron chi connectivity index (χ4n) is 5.40. The van der Waals surface area contributed by atoms with Crippen LogP contribution in [-0.4, -0.2) is 121 Å². The maximum atomic E-state index is 13.3. The van der Waals surface area contributed by atoms with Crippen LogP contribution >= 0.6 is 0 Å². The molecule has 13 N–H and O–H groups in total. The average Bonchev–Trinajstić information content (AvgIpc) is 3.14. The minimum absolute atomic E-state index is 0.347. The molecule has 1 saturated heterocycles. The highest BCUT2D eigenvalue weighted by Crippen LogP contribution is 2.40. The molecule has 56 heavy (non-hydrogen) atoms. The van der Waals surface area contributed by atoms with Gasteiger partial charge in [0.1, 0.15) is 12.2 Å². The van der Waals surface area contributed by atoms with Gasteiger partial charge in [0.2, 0.25) is 6.29 Å². The molecule has 5 rings (SSSR count). The number of hydrogen-bond donors (Lipinski definition) is 13. The van der Waals surface area contributed by atoms with E-state index in [-0.39, 0.29) is 5.56 Å². The summed E-state index contributed by atoms with van der Waals surface area (Å²) in [6.07, 6.45) is -11.8. The molecule has 21 heteroatoms. The Balaban J connectivity index is 1.54. The molecule has 0 saturated carbocycles. The zero-order valence-electron chi connectivity index (χ0n) is 28.0. The number of Topliss-reactive ketones (excluding diaryl/α,β-unsaturated/α-hetero) is 1. The number of benzene rings is 4. The normalized spacial score (nSPS) is 19.1. The maximum Gasteiger partial charge on any atom is 0.340 e. The lowest BCUT2D eigenvalue weighted by Gasteiger charge is -2.43. The van der Waals surface area contributed by atoms with Crippen molar-refractivity contribution in [2.24, 2.45) is 0 Å². The molecule has 0 bridgehead atoms. The van der Waals surface area contributed by atoms with E-state index in [1.807, 2.05) is 0 Å². The summed E-state index contributed by atoms with van der Waals surface area (Å²) in [6.45, 7) is 0. The quantitative estimate of drug-likeness (QED) is 0.0469. The zero-order chi connectivity index (χ0) is 41.3.